The Bertz CT molecular complexity index is 655. The minimum absolute atomic E-state index is 0.128. The molecule has 1 fully saturated rings. The molecule has 1 amide bonds. The minimum Gasteiger partial charge on any atom is -0.497 e. The largest absolute Gasteiger partial charge is 0.497 e. The number of aryl methyl sites for hydroxylation is 1. The van der Waals surface area contributed by atoms with Gasteiger partial charge in [-0.25, -0.2) is 0 Å². The molecular formula is C16H19NO3. The van der Waals surface area contributed by atoms with Crippen molar-refractivity contribution in [3.8, 4) is 5.75 Å². The molecule has 1 heterocycles. The number of carbonyl (C=O) groups excluding carboxylic acids is 1. The minimum atomic E-state index is -0.128. The van der Waals surface area contributed by atoms with Crippen LogP contribution in [0.3, 0.4) is 0 Å². The summed E-state index contributed by atoms with van der Waals surface area (Å²) in [6.45, 7) is 3.96. The van der Waals surface area contributed by atoms with Crippen molar-refractivity contribution in [1.29, 1.82) is 0 Å². The lowest BCUT2D eigenvalue weighted by Crippen LogP contribution is -2.34. The highest BCUT2D eigenvalue weighted by Gasteiger charge is 2.30. The van der Waals surface area contributed by atoms with E-state index >= 15 is 0 Å². The van der Waals surface area contributed by atoms with Crippen LogP contribution in [0.5, 0.6) is 5.75 Å². The van der Waals surface area contributed by atoms with Crippen molar-refractivity contribution in [2.24, 2.45) is 5.92 Å². The molecule has 2 aromatic rings. The van der Waals surface area contributed by atoms with Crippen molar-refractivity contribution in [2.45, 2.75) is 32.7 Å². The molecule has 4 nitrogen and oxygen atoms in total. The van der Waals surface area contributed by atoms with Gasteiger partial charge < -0.3 is 14.5 Å². The number of hydrogen-bond donors (Lipinski definition) is 1. The Morgan fingerprint density at radius 2 is 2.20 bits per heavy atom. The molecule has 1 aliphatic carbocycles. The van der Waals surface area contributed by atoms with E-state index in [1.807, 2.05) is 25.1 Å². The molecule has 1 aromatic heterocycles. The molecule has 20 heavy (non-hydrogen) atoms. The summed E-state index contributed by atoms with van der Waals surface area (Å²) < 4.78 is 10.9. The molecule has 0 saturated heterocycles. The number of hydrogen-bond acceptors (Lipinski definition) is 3. The molecular weight excluding hydrogens is 254 g/mol. The second-order valence-corrected chi connectivity index (χ2v) is 5.52. The fourth-order valence-corrected chi connectivity index (χ4v) is 2.53. The molecule has 0 spiro atoms. The van der Waals surface area contributed by atoms with E-state index in [4.69, 9.17) is 9.15 Å². The second-order valence-electron chi connectivity index (χ2n) is 5.52. The van der Waals surface area contributed by atoms with E-state index in [-0.39, 0.29) is 11.9 Å². The fraction of sp³-hybridized carbons (Fsp3) is 0.438. The predicted octanol–water partition coefficient (Wildman–Crippen LogP) is 3.28. The zero-order chi connectivity index (χ0) is 14.3. The van der Waals surface area contributed by atoms with Gasteiger partial charge in [-0.2, -0.15) is 0 Å². The van der Waals surface area contributed by atoms with Gasteiger partial charge in [0.25, 0.3) is 5.91 Å². The Labute approximate surface area is 118 Å². The number of carbonyl (C=O) groups is 1. The molecule has 1 aliphatic rings. The maximum atomic E-state index is 12.3. The topological polar surface area (TPSA) is 51.5 Å². The van der Waals surface area contributed by atoms with Crippen LogP contribution in [0.2, 0.25) is 0 Å². The van der Waals surface area contributed by atoms with Crippen molar-refractivity contribution in [3.05, 3.63) is 29.5 Å². The van der Waals surface area contributed by atoms with Gasteiger partial charge in [0.05, 0.1) is 7.11 Å². The van der Waals surface area contributed by atoms with Crippen LogP contribution in [0.1, 0.15) is 35.9 Å². The summed E-state index contributed by atoms with van der Waals surface area (Å²) in [4.78, 5) is 12.3. The number of amides is 1. The highest BCUT2D eigenvalue weighted by atomic mass is 16.5. The summed E-state index contributed by atoms with van der Waals surface area (Å²) in [5.41, 5.74) is 1.58. The number of nitrogens with one attached hydrogen (secondary N) is 1. The van der Waals surface area contributed by atoms with Gasteiger partial charge in [0.1, 0.15) is 11.3 Å². The van der Waals surface area contributed by atoms with Gasteiger partial charge in [-0.1, -0.05) is 0 Å². The van der Waals surface area contributed by atoms with Gasteiger partial charge in [0.2, 0.25) is 0 Å². The fourth-order valence-electron chi connectivity index (χ4n) is 2.53. The summed E-state index contributed by atoms with van der Waals surface area (Å²) in [5.74, 6) is 1.67. The summed E-state index contributed by atoms with van der Waals surface area (Å²) in [5, 5.41) is 3.95. The van der Waals surface area contributed by atoms with Crippen molar-refractivity contribution in [1.82, 2.24) is 5.32 Å². The first-order chi connectivity index (χ1) is 9.60. The van der Waals surface area contributed by atoms with E-state index in [0.29, 0.717) is 17.3 Å². The first kappa shape index (κ1) is 13.0. The Kier molecular flexibility index (Phi) is 3.16. The molecule has 0 aliphatic heterocycles. The van der Waals surface area contributed by atoms with Crippen LogP contribution in [0.15, 0.2) is 22.6 Å². The van der Waals surface area contributed by atoms with Crippen LogP contribution < -0.4 is 10.1 Å². The lowest BCUT2D eigenvalue weighted by Gasteiger charge is -2.11. The van der Waals surface area contributed by atoms with Crippen molar-refractivity contribution < 1.29 is 13.9 Å². The van der Waals surface area contributed by atoms with E-state index in [2.05, 4.69) is 12.2 Å². The maximum absolute atomic E-state index is 12.3. The van der Waals surface area contributed by atoms with Crippen LogP contribution >= 0.6 is 0 Å². The van der Waals surface area contributed by atoms with E-state index in [1.54, 1.807) is 7.11 Å². The summed E-state index contributed by atoms with van der Waals surface area (Å²) >= 11 is 0. The van der Waals surface area contributed by atoms with Crippen LogP contribution in [-0.2, 0) is 0 Å². The monoisotopic (exact) mass is 273 g/mol. The molecule has 3 rings (SSSR count). The summed E-state index contributed by atoms with van der Waals surface area (Å²) in [6, 6.07) is 5.78. The van der Waals surface area contributed by atoms with Gasteiger partial charge in [-0.15, -0.1) is 0 Å². The Hall–Kier alpha value is -1.97. The van der Waals surface area contributed by atoms with Crippen molar-refractivity contribution in [2.75, 3.05) is 7.11 Å². The highest BCUT2D eigenvalue weighted by Crippen LogP contribution is 2.33. The molecule has 4 heteroatoms. The quantitative estimate of drug-likeness (QED) is 0.930. The molecule has 0 bridgehead atoms. The third kappa shape index (κ3) is 2.26. The lowest BCUT2D eigenvalue weighted by molar-refractivity contribution is 0.0909. The Balaban J connectivity index is 1.90. The molecule has 0 unspecified atom stereocenters. The van der Waals surface area contributed by atoms with Crippen molar-refractivity contribution in [3.63, 3.8) is 0 Å². The van der Waals surface area contributed by atoms with Crippen LogP contribution in [0.4, 0.5) is 0 Å². The first-order valence-electron chi connectivity index (χ1n) is 6.98. The zero-order valence-corrected chi connectivity index (χ0v) is 12.0. The standard InChI is InChI=1S/C16H19NO3/c1-9-13-8-12(19-3)6-7-14(13)20-15(9)16(18)17-10(2)11-4-5-11/h6-8,10-11H,4-5H2,1-3H3,(H,17,18)/t10-/m0/s1. The third-order valence-electron chi connectivity index (χ3n) is 4.04. The maximum Gasteiger partial charge on any atom is 0.287 e. The second kappa shape index (κ2) is 4.85. The molecule has 1 N–H and O–H groups in total. The van der Waals surface area contributed by atoms with Crippen LogP contribution in [0.25, 0.3) is 11.0 Å². The third-order valence-corrected chi connectivity index (χ3v) is 4.04. The predicted molar refractivity (Wildman–Crippen MR) is 77.2 cm³/mol. The van der Waals surface area contributed by atoms with Gasteiger partial charge in [0.15, 0.2) is 5.76 Å². The number of rotatable bonds is 4. The first-order valence-corrected chi connectivity index (χ1v) is 6.98. The average molecular weight is 273 g/mol. The zero-order valence-electron chi connectivity index (χ0n) is 12.0. The Morgan fingerprint density at radius 3 is 2.85 bits per heavy atom. The number of furan rings is 1. The molecule has 106 valence electrons. The SMILES string of the molecule is COc1ccc2oc(C(=O)N[C@@H](C)C3CC3)c(C)c2c1. The van der Waals surface area contributed by atoms with Crippen molar-refractivity contribution >= 4 is 16.9 Å². The summed E-state index contributed by atoms with van der Waals surface area (Å²) in [6.07, 6.45) is 2.41. The Morgan fingerprint density at radius 1 is 1.45 bits per heavy atom. The smallest absolute Gasteiger partial charge is 0.287 e. The van der Waals surface area contributed by atoms with E-state index < -0.39 is 0 Å². The van der Waals surface area contributed by atoms with Crippen LogP contribution in [0, 0.1) is 12.8 Å². The molecule has 1 atom stereocenters. The van der Waals surface area contributed by atoms with E-state index in [0.717, 1.165) is 16.7 Å². The van der Waals surface area contributed by atoms with Crippen LogP contribution in [-0.4, -0.2) is 19.1 Å². The van der Waals surface area contributed by atoms with Gasteiger partial charge >= 0.3 is 0 Å². The van der Waals surface area contributed by atoms with E-state index in [1.165, 1.54) is 12.8 Å². The van der Waals surface area contributed by atoms with Gasteiger partial charge in [-0.05, 0) is 50.8 Å². The van der Waals surface area contributed by atoms with Gasteiger partial charge in [0, 0.05) is 17.0 Å². The normalized spacial score (nSPS) is 16.1. The molecule has 0 radical (unpaired) electrons. The number of fused-ring (bicyclic) bond motifs is 1. The molecule has 1 saturated carbocycles. The lowest BCUT2D eigenvalue weighted by atomic mass is 10.1. The number of benzene rings is 1. The van der Waals surface area contributed by atoms with Gasteiger partial charge in [-0.3, -0.25) is 4.79 Å². The average Bonchev–Trinajstić information content (AvgIpc) is 3.24. The molecule has 1 aromatic carbocycles. The number of ether oxygens (including phenoxy) is 1. The van der Waals surface area contributed by atoms with E-state index in [9.17, 15) is 4.79 Å². The summed E-state index contributed by atoms with van der Waals surface area (Å²) in [7, 11) is 1.63. The number of methoxy groups -OCH3 is 1. The highest BCUT2D eigenvalue weighted by molar-refractivity contribution is 5.99.